The van der Waals surface area contributed by atoms with Crippen molar-refractivity contribution in [1.82, 2.24) is 10.4 Å². The molecule has 1 heterocycles. The second kappa shape index (κ2) is 6.36. The largest absolute Gasteiger partial charge is 0.489 e. The number of pyridine rings is 1. The first-order valence-electron chi connectivity index (χ1n) is 6.54. The normalized spacial score (nSPS) is 12.4. The van der Waals surface area contributed by atoms with Crippen molar-refractivity contribution in [2.24, 2.45) is 5.84 Å². The number of para-hydroxylation sites is 1. The van der Waals surface area contributed by atoms with Gasteiger partial charge in [-0.05, 0) is 37.1 Å². The van der Waals surface area contributed by atoms with Crippen LogP contribution in [-0.2, 0) is 0 Å². The van der Waals surface area contributed by atoms with Crippen LogP contribution in [0.4, 0.5) is 5.69 Å². The number of nitrogens with two attached hydrogens (primary N) is 2. The van der Waals surface area contributed by atoms with Crippen LogP contribution in [0.3, 0.4) is 0 Å². The van der Waals surface area contributed by atoms with Crippen molar-refractivity contribution >= 4 is 5.69 Å². The summed E-state index contributed by atoms with van der Waals surface area (Å²) in [4.78, 5) is 4.20. The number of ether oxygens (including phenoxy) is 1. The molecule has 2 rings (SSSR count). The molecule has 106 valence electrons. The molecule has 2 aromatic rings. The molecule has 0 fully saturated rings. The van der Waals surface area contributed by atoms with Crippen molar-refractivity contribution in [3.05, 3.63) is 53.9 Å². The lowest BCUT2D eigenvalue weighted by molar-refractivity contribution is 0.241. The Morgan fingerprint density at radius 1 is 1.20 bits per heavy atom. The molecular formula is C15H20N4O. The fraction of sp³-hybridized carbons (Fsp3) is 0.267. The van der Waals surface area contributed by atoms with Crippen LogP contribution in [0.25, 0.3) is 0 Å². The summed E-state index contributed by atoms with van der Waals surface area (Å²) in [5.74, 6) is 6.40. The molecule has 1 aromatic heterocycles. The Kier molecular flexibility index (Phi) is 4.55. The number of hydrogen-bond donors (Lipinski definition) is 3. The van der Waals surface area contributed by atoms with Crippen LogP contribution < -0.4 is 21.7 Å². The summed E-state index contributed by atoms with van der Waals surface area (Å²) in [6.45, 7) is 3.95. The SMILES string of the molecule is CC(C)Oc1cncc(C(NN)c2ccccc2N)c1. The van der Waals surface area contributed by atoms with Crippen molar-refractivity contribution in [3.8, 4) is 5.75 Å². The second-order valence-electron chi connectivity index (χ2n) is 4.85. The van der Waals surface area contributed by atoms with E-state index < -0.39 is 0 Å². The van der Waals surface area contributed by atoms with E-state index in [0.717, 1.165) is 11.1 Å². The fourth-order valence-electron chi connectivity index (χ4n) is 2.07. The first-order chi connectivity index (χ1) is 9.61. The lowest BCUT2D eigenvalue weighted by Gasteiger charge is -2.19. The van der Waals surface area contributed by atoms with Gasteiger partial charge in [0, 0.05) is 11.9 Å². The van der Waals surface area contributed by atoms with Gasteiger partial charge in [0.2, 0.25) is 0 Å². The third-order valence-corrected chi connectivity index (χ3v) is 2.91. The Balaban J connectivity index is 2.35. The number of hydrogen-bond acceptors (Lipinski definition) is 5. The monoisotopic (exact) mass is 272 g/mol. The van der Waals surface area contributed by atoms with Crippen LogP contribution in [-0.4, -0.2) is 11.1 Å². The predicted octanol–water partition coefficient (Wildman–Crippen LogP) is 2.00. The molecule has 0 radical (unpaired) electrons. The van der Waals surface area contributed by atoms with Crippen LogP contribution in [0.1, 0.15) is 31.0 Å². The molecule has 0 bridgehead atoms. The van der Waals surface area contributed by atoms with Gasteiger partial charge in [0.25, 0.3) is 0 Å². The van der Waals surface area contributed by atoms with Crippen LogP contribution in [0.15, 0.2) is 42.7 Å². The van der Waals surface area contributed by atoms with Crippen molar-refractivity contribution in [1.29, 1.82) is 0 Å². The highest BCUT2D eigenvalue weighted by molar-refractivity contribution is 5.51. The number of aromatic nitrogens is 1. The molecule has 0 saturated carbocycles. The van der Waals surface area contributed by atoms with Crippen molar-refractivity contribution in [2.75, 3.05) is 5.73 Å². The molecule has 0 aliphatic heterocycles. The molecule has 0 aliphatic rings. The van der Waals surface area contributed by atoms with Gasteiger partial charge < -0.3 is 10.5 Å². The summed E-state index contributed by atoms with van der Waals surface area (Å²) in [7, 11) is 0. The molecule has 1 unspecified atom stereocenters. The van der Waals surface area contributed by atoms with E-state index in [9.17, 15) is 0 Å². The average molecular weight is 272 g/mol. The minimum atomic E-state index is -0.223. The van der Waals surface area contributed by atoms with Gasteiger partial charge >= 0.3 is 0 Å². The van der Waals surface area contributed by atoms with Gasteiger partial charge in [0.15, 0.2) is 0 Å². The predicted molar refractivity (Wildman–Crippen MR) is 80.0 cm³/mol. The van der Waals surface area contributed by atoms with Gasteiger partial charge in [0.05, 0.1) is 18.3 Å². The Hall–Kier alpha value is -2.11. The molecule has 0 amide bonds. The zero-order valence-corrected chi connectivity index (χ0v) is 11.7. The maximum atomic E-state index is 6.01. The number of nitrogens with one attached hydrogen (secondary N) is 1. The molecule has 1 atom stereocenters. The number of anilines is 1. The van der Waals surface area contributed by atoms with Crippen LogP contribution in [0, 0.1) is 0 Å². The molecule has 0 saturated heterocycles. The van der Waals surface area contributed by atoms with E-state index in [1.54, 1.807) is 12.4 Å². The van der Waals surface area contributed by atoms with Gasteiger partial charge in [-0.25, -0.2) is 5.43 Å². The molecule has 5 heteroatoms. The van der Waals surface area contributed by atoms with Gasteiger partial charge in [-0.1, -0.05) is 18.2 Å². The molecule has 5 N–H and O–H groups in total. The Morgan fingerprint density at radius 2 is 1.95 bits per heavy atom. The van der Waals surface area contributed by atoms with E-state index in [1.165, 1.54) is 0 Å². The maximum Gasteiger partial charge on any atom is 0.138 e. The highest BCUT2D eigenvalue weighted by Crippen LogP contribution is 2.27. The van der Waals surface area contributed by atoms with Gasteiger partial charge in [-0.2, -0.15) is 0 Å². The number of nitrogen functional groups attached to an aromatic ring is 1. The lowest BCUT2D eigenvalue weighted by Crippen LogP contribution is -2.29. The summed E-state index contributed by atoms with van der Waals surface area (Å²) in [5.41, 5.74) is 11.3. The number of nitrogens with zero attached hydrogens (tertiary/aromatic N) is 1. The van der Waals surface area contributed by atoms with E-state index in [1.807, 2.05) is 44.2 Å². The number of rotatable bonds is 5. The topological polar surface area (TPSA) is 86.2 Å². The molecular weight excluding hydrogens is 252 g/mol. The quantitative estimate of drug-likeness (QED) is 0.440. The van der Waals surface area contributed by atoms with Crippen LogP contribution >= 0.6 is 0 Å². The van der Waals surface area contributed by atoms with E-state index in [0.29, 0.717) is 11.4 Å². The Bertz CT molecular complexity index is 571. The van der Waals surface area contributed by atoms with E-state index in [4.69, 9.17) is 16.3 Å². The molecule has 0 spiro atoms. The minimum Gasteiger partial charge on any atom is -0.489 e. The summed E-state index contributed by atoms with van der Waals surface area (Å²) in [5, 5.41) is 0. The molecule has 5 nitrogen and oxygen atoms in total. The summed E-state index contributed by atoms with van der Waals surface area (Å²) in [6.07, 6.45) is 3.54. The standard InChI is InChI=1S/C15H20N4O/c1-10(2)20-12-7-11(8-18-9-12)15(19-17)13-5-3-4-6-14(13)16/h3-10,15,19H,16-17H2,1-2H3. The third kappa shape index (κ3) is 3.26. The Labute approximate surface area is 118 Å². The molecule has 0 aliphatic carbocycles. The van der Waals surface area contributed by atoms with Gasteiger partial charge in [0.1, 0.15) is 5.75 Å². The van der Waals surface area contributed by atoms with Gasteiger partial charge in [-0.3, -0.25) is 10.8 Å². The highest BCUT2D eigenvalue weighted by atomic mass is 16.5. The van der Waals surface area contributed by atoms with E-state index in [2.05, 4.69) is 10.4 Å². The summed E-state index contributed by atoms with van der Waals surface area (Å²) < 4.78 is 5.65. The van der Waals surface area contributed by atoms with Crippen LogP contribution in [0.2, 0.25) is 0 Å². The van der Waals surface area contributed by atoms with E-state index in [-0.39, 0.29) is 12.1 Å². The number of hydrazine groups is 1. The van der Waals surface area contributed by atoms with Crippen molar-refractivity contribution in [3.63, 3.8) is 0 Å². The van der Waals surface area contributed by atoms with E-state index >= 15 is 0 Å². The first kappa shape index (κ1) is 14.3. The minimum absolute atomic E-state index is 0.0955. The second-order valence-corrected chi connectivity index (χ2v) is 4.85. The first-order valence-corrected chi connectivity index (χ1v) is 6.54. The number of benzene rings is 1. The maximum absolute atomic E-state index is 6.01. The fourth-order valence-corrected chi connectivity index (χ4v) is 2.07. The summed E-state index contributed by atoms with van der Waals surface area (Å²) >= 11 is 0. The zero-order chi connectivity index (χ0) is 14.5. The summed E-state index contributed by atoms with van der Waals surface area (Å²) in [6, 6.07) is 9.31. The highest BCUT2D eigenvalue weighted by Gasteiger charge is 2.16. The van der Waals surface area contributed by atoms with Crippen molar-refractivity contribution < 1.29 is 4.74 Å². The van der Waals surface area contributed by atoms with Crippen molar-refractivity contribution in [2.45, 2.75) is 26.0 Å². The molecule has 20 heavy (non-hydrogen) atoms. The van der Waals surface area contributed by atoms with Gasteiger partial charge in [-0.15, -0.1) is 0 Å². The zero-order valence-electron chi connectivity index (χ0n) is 11.7. The Morgan fingerprint density at radius 3 is 2.60 bits per heavy atom. The average Bonchev–Trinajstić information content (AvgIpc) is 2.41. The smallest absolute Gasteiger partial charge is 0.138 e. The third-order valence-electron chi connectivity index (χ3n) is 2.91. The lowest BCUT2D eigenvalue weighted by atomic mass is 9.99. The van der Waals surface area contributed by atoms with Crippen LogP contribution in [0.5, 0.6) is 5.75 Å². The molecule has 1 aromatic carbocycles.